The predicted octanol–water partition coefficient (Wildman–Crippen LogP) is 3.79. The van der Waals surface area contributed by atoms with E-state index >= 15 is 0 Å². The lowest BCUT2D eigenvalue weighted by atomic mass is 10.1. The first-order valence-electron chi connectivity index (χ1n) is 9.53. The Kier molecular flexibility index (Phi) is 4.83. The van der Waals surface area contributed by atoms with Gasteiger partial charge in [-0.05, 0) is 48.5 Å². The number of pyridine rings is 1. The van der Waals surface area contributed by atoms with Gasteiger partial charge in [0.15, 0.2) is 5.65 Å². The molecule has 0 amide bonds. The molecule has 0 spiro atoms. The van der Waals surface area contributed by atoms with Gasteiger partial charge in [-0.25, -0.2) is 12.8 Å². The van der Waals surface area contributed by atoms with Crippen LogP contribution < -0.4 is 4.72 Å². The minimum absolute atomic E-state index is 0.279. The minimum Gasteiger partial charge on any atom is -0.280 e. The van der Waals surface area contributed by atoms with Crippen LogP contribution in [0.4, 0.5) is 10.1 Å². The second-order valence-corrected chi connectivity index (χ2v) is 8.49. The number of sulfonamides is 1. The molecule has 1 N–H and O–H groups in total. The van der Waals surface area contributed by atoms with Crippen LogP contribution >= 0.6 is 0 Å². The molecular formula is C22H15FN6O2S. The third-order valence-electron chi connectivity index (χ3n) is 4.69. The van der Waals surface area contributed by atoms with Crippen LogP contribution in [0.5, 0.6) is 0 Å². The largest absolute Gasteiger partial charge is 0.280 e. The SMILES string of the molecule is O=S(=O)(Nc1cccc(-c2ccc3nnc(-c4ccccn4)n3n2)c1)c1ccccc1F. The number of aromatic nitrogens is 5. The van der Waals surface area contributed by atoms with Crippen LogP contribution in [-0.2, 0) is 10.0 Å². The van der Waals surface area contributed by atoms with Crippen molar-refractivity contribution in [3.63, 3.8) is 0 Å². The van der Waals surface area contributed by atoms with E-state index in [0.717, 1.165) is 6.07 Å². The second-order valence-electron chi connectivity index (χ2n) is 6.84. The average Bonchev–Trinajstić information content (AvgIpc) is 3.23. The zero-order valence-electron chi connectivity index (χ0n) is 16.4. The first-order valence-corrected chi connectivity index (χ1v) is 11.0. The topological polar surface area (TPSA) is 102 Å². The normalized spacial score (nSPS) is 11.5. The van der Waals surface area contributed by atoms with Crippen LogP contribution in [0.2, 0.25) is 0 Å². The lowest BCUT2D eigenvalue weighted by Gasteiger charge is -2.10. The number of halogens is 1. The lowest BCUT2D eigenvalue weighted by Crippen LogP contribution is -2.14. The summed E-state index contributed by atoms with van der Waals surface area (Å²) < 4.78 is 43.2. The Labute approximate surface area is 182 Å². The smallest absolute Gasteiger partial charge is 0.264 e. The molecule has 3 heterocycles. The monoisotopic (exact) mass is 446 g/mol. The molecule has 0 aliphatic heterocycles. The third kappa shape index (κ3) is 3.67. The van der Waals surface area contributed by atoms with Gasteiger partial charge < -0.3 is 0 Å². The summed E-state index contributed by atoms with van der Waals surface area (Å²) >= 11 is 0. The van der Waals surface area contributed by atoms with E-state index in [4.69, 9.17) is 0 Å². The maximum atomic E-state index is 14.0. The summed E-state index contributed by atoms with van der Waals surface area (Å²) in [6, 6.07) is 20.9. The van der Waals surface area contributed by atoms with Crippen molar-refractivity contribution in [2.75, 3.05) is 4.72 Å². The van der Waals surface area contributed by atoms with E-state index in [2.05, 4.69) is 25.0 Å². The van der Waals surface area contributed by atoms with Crippen LogP contribution in [0.15, 0.2) is 90.0 Å². The molecule has 10 heteroatoms. The second kappa shape index (κ2) is 7.82. The van der Waals surface area contributed by atoms with Crippen LogP contribution in [-0.4, -0.2) is 33.2 Å². The number of hydrogen-bond donors (Lipinski definition) is 1. The third-order valence-corrected chi connectivity index (χ3v) is 6.11. The van der Waals surface area contributed by atoms with E-state index in [0.29, 0.717) is 28.4 Å². The van der Waals surface area contributed by atoms with Crippen molar-refractivity contribution in [2.45, 2.75) is 4.90 Å². The summed E-state index contributed by atoms with van der Waals surface area (Å²) in [7, 11) is -4.09. The fourth-order valence-electron chi connectivity index (χ4n) is 3.21. The van der Waals surface area contributed by atoms with Gasteiger partial charge in [0.1, 0.15) is 16.4 Å². The van der Waals surface area contributed by atoms with Crippen molar-refractivity contribution in [1.82, 2.24) is 24.8 Å². The molecule has 0 radical (unpaired) electrons. The summed E-state index contributed by atoms with van der Waals surface area (Å²) in [4.78, 5) is 3.87. The number of fused-ring (bicyclic) bond motifs is 1. The summed E-state index contributed by atoms with van der Waals surface area (Å²) in [5.74, 6) is -0.336. The van der Waals surface area contributed by atoms with Crippen LogP contribution in [0, 0.1) is 5.82 Å². The molecule has 5 aromatic rings. The fourth-order valence-corrected chi connectivity index (χ4v) is 4.34. The molecule has 0 atom stereocenters. The molecule has 0 fully saturated rings. The van der Waals surface area contributed by atoms with Gasteiger partial charge in [-0.3, -0.25) is 9.71 Å². The molecule has 32 heavy (non-hydrogen) atoms. The number of benzene rings is 2. The molecular weight excluding hydrogens is 431 g/mol. The van der Waals surface area contributed by atoms with Crippen LogP contribution in [0.1, 0.15) is 0 Å². The zero-order valence-corrected chi connectivity index (χ0v) is 17.2. The Morgan fingerprint density at radius 1 is 0.844 bits per heavy atom. The molecule has 158 valence electrons. The molecule has 0 saturated heterocycles. The van der Waals surface area contributed by atoms with Crippen molar-refractivity contribution in [3.8, 4) is 22.8 Å². The molecule has 0 bridgehead atoms. The van der Waals surface area contributed by atoms with Gasteiger partial charge in [0.25, 0.3) is 10.0 Å². The van der Waals surface area contributed by atoms with Gasteiger partial charge in [-0.1, -0.05) is 30.3 Å². The van der Waals surface area contributed by atoms with Gasteiger partial charge in [0.2, 0.25) is 5.82 Å². The number of nitrogens with zero attached hydrogens (tertiary/aromatic N) is 5. The van der Waals surface area contributed by atoms with Gasteiger partial charge in [-0.2, -0.15) is 9.61 Å². The van der Waals surface area contributed by atoms with E-state index in [1.54, 1.807) is 53.2 Å². The number of nitrogens with one attached hydrogen (secondary N) is 1. The minimum atomic E-state index is -4.09. The van der Waals surface area contributed by atoms with Crippen molar-refractivity contribution < 1.29 is 12.8 Å². The highest BCUT2D eigenvalue weighted by atomic mass is 32.2. The average molecular weight is 446 g/mol. The molecule has 0 aliphatic rings. The van der Waals surface area contributed by atoms with Gasteiger partial charge in [-0.15, -0.1) is 10.2 Å². The predicted molar refractivity (Wildman–Crippen MR) is 117 cm³/mol. The van der Waals surface area contributed by atoms with Crippen LogP contribution in [0.25, 0.3) is 28.4 Å². The summed E-state index contributed by atoms with van der Waals surface area (Å²) in [5.41, 5.74) is 2.67. The number of anilines is 1. The standard InChI is InChI=1S/C22H15FN6O2S/c23-17-8-1-2-10-20(17)32(30,31)28-16-7-5-6-15(14-16)18-11-12-21-25-26-22(29(21)27-18)19-9-3-4-13-24-19/h1-14,28H. The fraction of sp³-hybridized carbons (Fsp3) is 0. The molecule has 3 aromatic heterocycles. The van der Waals surface area contributed by atoms with Gasteiger partial charge in [0.05, 0.1) is 5.69 Å². The van der Waals surface area contributed by atoms with Crippen molar-refractivity contribution in [2.24, 2.45) is 0 Å². The van der Waals surface area contributed by atoms with E-state index in [1.165, 1.54) is 18.2 Å². The van der Waals surface area contributed by atoms with Crippen LogP contribution in [0.3, 0.4) is 0 Å². The van der Waals surface area contributed by atoms with Crippen molar-refractivity contribution >= 4 is 21.4 Å². The maximum Gasteiger partial charge on any atom is 0.264 e. The number of rotatable bonds is 5. The summed E-state index contributed by atoms with van der Waals surface area (Å²) in [6.45, 7) is 0. The molecule has 0 saturated carbocycles. The van der Waals surface area contributed by atoms with E-state index in [-0.39, 0.29) is 5.69 Å². The Bertz CT molecular complexity index is 1540. The van der Waals surface area contributed by atoms with Gasteiger partial charge >= 0.3 is 0 Å². The maximum absolute atomic E-state index is 14.0. The van der Waals surface area contributed by atoms with E-state index < -0.39 is 20.7 Å². The molecule has 2 aromatic carbocycles. The Hall–Kier alpha value is -4.18. The highest BCUT2D eigenvalue weighted by molar-refractivity contribution is 7.92. The molecule has 0 aliphatic carbocycles. The Morgan fingerprint density at radius 2 is 1.69 bits per heavy atom. The Balaban J connectivity index is 1.51. The van der Waals surface area contributed by atoms with E-state index in [9.17, 15) is 12.8 Å². The molecule has 8 nitrogen and oxygen atoms in total. The lowest BCUT2D eigenvalue weighted by molar-refractivity contribution is 0.570. The van der Waals surface area contributed by atoms with Gasteiger partial charge in [0, 0.05) is 17.4 Å². The first-order chi connectivity index (χ1) is 15.5. The highest BCUT2D eigenvalue weighted by Crippen LogP contribution is 2.25. The highest BCUT2D eigenvalue weighted by Gasteiger charge is 2.19. The zero-order chi connectivity index (χ0) is 22.1. The summed E-state index contributed by atoms with van der Waals surface area (Å²) in [5, 5.41) is 12.9. The van der Waals surface area contributed by atoms with Crippen molar-refractivity contribution in [3.05, 3.63) is 90.9 Å². The molecule has 5 rings (SSSR count). The first kappa shape index (κ1) is 19.8. The number of hydrogen-bond acceptors (Lipinski definition) is 6. The van der Waals surface area contributed by atoms with E-state index in [1.807, 2.05) is 12.1 Å². The van der Waals surface area contributed by atoms with Crippen molar-refractivity contribution in [1.29, 1.82) is 0 Å². The quantitative estimate of drug-likeness (QED) is 0.441. The summed E-state index contributed by atoms with van der Waals surface area (Å²) in [6.07, 6.45) is 1.66. The Morgan fingerprint density at radius 3 is 2.50 bits per heavy atom. The molecule has 0 unspecified atom stereocenters.